The molecule has 1 aliphatic rings. The van der Waals surface area contributed by atoms with E-state index < -0.39 is 24.6 Å². The van der Waals surface area contributed by atoms with Gasteiger partial charge in [-0.25, -0.2) is 4.98 Å². The van der Waals surface area contributed by atoms with Crippen molar-refractivity contribution in [3.63, 3.8) is 0 Å². The van der Waals surface area contributed by atoms with E-state index >= 15 is 0 Å². The Morgan fingerprint density at radius 3 is 2.34 bits per heavy atom. The molecule has 0 atom stereocenters. The van der Waals surface area contributed by atoms with Crippen LogP contribution >= 0.6 is 0 Å². The first-order valence-corrected chi connectivity index (χ1v) is 11.5. The van der Waals surface area contributed by atoms with Crippen molar-refractivity contribution in [2.45, 2.75) is 12.6 Å². The van der Waals surface area contributed by atoms with E-state index in [0.29, 0.717) is 28.2 Å². The predicted octanol–water partition coefficient (Wildman–Crippen LogP) is 4.17. The minimum Gasteiger partial charge on any atom is -0.497 e. The van der Waals surface area contributed by atoms with E-state index in [9.17, 15) is 27.6 Å². The SMILES string of the molecule is COc1ccc(-n2c(CCN3C(=O)c4cccc(OCC(F)(F)F)c4C3=O)nc3ccccc3c2=O)cc1. The van der Waals surface area contributed by atoms with Crippen molar-refractivity contribution in [1.82, 2.24) is 14.5 Å². The van der Waals surface area contributed by atoms with E-state index in [2.05, 4.69) is 4.98 Å². The maximum Gasteiger partial charge on any atom is 0.422 e. The quantitative estimate of drug-likeness (QED) is 0.338. The summed E-state index contributed by atoms with van der Waals surface area (Å²) in [6.07, 6.45) is -4.60. The lowest BCUT2D eigenvalue weighted by Gasteiger charge is -2.17. The van der Waals surface area contributed by atoms with Crippen LogP contribution in [0.1, 0.15) is 26.5 Å². The van der Waals surface area contributed by atoms with E-state index in [-0.39, 0.29) is 35.4 Å². The molecule has 0 fully saturated rings. The number of hydrogen-bond acceptors (Lipinski definition) is 6. The molecule has 0 spiro atoms. The molecule has 0 saturated heterocycles. The van der Waals surface area contributed by atoms with Gasteiger partial charge in [-0.2, -0.15) is 13.2 Å². The number of hydrogen-bond donors (Lipinski definition) is 0. The number of benzene rings is 3. The maximum atomic E-state index is 13.4. The Balaban J connectivity index is 1.48. The van der Waals surface area contributed by atoms with Crippen molar-refractivity contribution in [3.8, 4) is 17.2 Å². The summed E-state index contributed by atoms with van der Waals surface area (Å²) >= 11 is 0. The second kappa shape index (κ2) is 9.66. The number of fused-ring (bicyclic) bond motifs is 2. The van der Waals surface area contributed by atoms with Gasteiger partial charge in [0.15, 0.2) is 6.61 Å². The Kier molecular flexibility index (Phi) is 6.35. The topological polar surface area (TPSA) is 90.7 Å². The van der Waals surface area contributed by atoms with Crippen LogP contribution in [0.3, 0.4) is 0 Å². The van der Waals surface area contributed by atoms with Gasteiger partial charge >= 0.3 is 6.18 Å². The number of carbonyl (C=O) groups excluding carboxylic acids is 2. The molecule has 0 bridgehead atoms. The molecule has 8 nitrogen and oxygen atoms in total. The maximum absolute atomic E-state index is 13.4. The van der Waals surface area contributed by atoms with Gasteiger partial charge in [0.25, 0.3) is 17.4 Å². The summed E-state index contributed by atoms with van der Waals surface area (Å²) in [6.45, 7) is -1.76. The molecule has 0 unspecified atom stereocenters. The fraction of sp³-hybridized carbons (Fsp3) is 0.185. The molecule has 5 rings (SSSR count). The van der Waals surface area contributed by atoms with Crippen LogP contribution in [0, 0.1) is 0 Å². The van der Waals surface area contributed by atoms with Crippen LogP contribution in [0.5, 0.6) is 11.5 Å². The zero-order chi connectivity index (χ0) is 27.0. The highest BCUT2D eigenvalue weighted by Crippen LogP contribution is 2.32. The molecule has 4 aromatic rings. The van der Waals surface area contributed by atoms with Crippen molar-refractivity contribution in [3.05, 3.63) is 94.0 Å². The standard InChI is InChI=1S/C27H20F3N3O5/c1-37-17-11-9-16(10-12-17)33-22(31-20-7-3-2-5-18(20)25(33)35)13-14-32-24(34)19-6-4-8-21(23(19)26(32)36)38-15-27(28,29)30/h2-12H,13-15H2,1H3. The van der Waals surface area contributed by atoms with Crippen LogP contribution in [-0.2, 0) is 6.42 Å². The van der Waals surface area contributed by atoms with Crippen LogP contribution in [0.15, 0.2) is 71.5 Å². The summed E-state index contributed by atoms with van der Waals surface area (Å²) < 4.78 is 49.5. The van der Waals surface area contributed by atoms with Gasteiger partial charge < -0.3 is 9.47 Å². The van der Waals surface area contributed by atoms with Gasteiger partial charge in [0.2, 0.25) is 0 Å². The van der Waals surface area contributed by atoms with Crippen LogP contribution in [0.4, 0.5) is 13.2 Å². The summed E-state index contributed by atoms with van der Waals surface area (Å²) in [7, 11) is 1.52. The smallest absolute Gasteiger partial charge is 0.422 e. The number of rotatable bonds is 7. The highest BCUT2D eigenvalue weighted by Gasteiger charge is 2.39. The number of carbonyl (C=O) groups is 2. The lowest BCUT2D eigenvalue weighted by Crippen LogP contribution is -2.33. The molecule has 1 aliphatic heterocycles. The molecule has 11 heteroatoms. The lowest BCUT2D eigenvalue weighted by molar-refractivity contribution is -0.153. The van der Waals surface area contributed by atoms with E-state index in [1.165, 1.54) is 29.9 Å². The van der Waals surface area contributed by atoms with Gasteiger partial charge in [-0.3, -0.25) is 23.9 Å². The Morgan fingerprint density at radius 1 is 0.895 bits per heavy atom. The van der Waals surface area contributed by atoms with Gasteiger partial charge in [-0.1, -0.05) is 18.2 Å². The fourth-order valence-corrected chi connectivity index (χ4v) is 4.34. The summed E-state index contributed by atoms with van der Waals surface area (Å²) in [4.78, 5) is 45.1. The van der Waals surface area contributed by atoms with Gasteiger partial charge in [0.1, 0.15) is 17.3 Å². The Hall–Kier alpha value is -4.67. The summed E-state index contributed by atoms with van der Waals surface area (Å²) in [5, 5.41) is 0.388. The number of nitrogens with zero attached hydrogens (tertiary/aromatic N) is 3. The van der Waals surface area contributed by atoms with Crippen molar-refractivity contribution < 1.29 is 32.2 Å². The zero-order valence-corrected chi connectivity index (χ0v) is 20.0. The average molecular weight is 523 g/mol. The molecular formula is C27H20F3N3O5. The van der Waals surface area contributed by atoms with Gasteiger partial charge in [0.05, 0.1) is 34.8 Å². The molecule has 2 amide bonds. The number of halogens is 3. The third-order valence-corrected chi connectivity index (χ3v) is 6.09. The minimum atomic E-state index is -4.61. The van der Waals surface area contributed by atoms with Gasteiger partial charge in [0, 0.05) is 13.0 Å². The minimum absolute atomic E-state index is 0.0102. The Labute approximate surface area is 213 Å². The van der Waals surface area contributed by atoms with Crippen molar-refractivity contribution in [2.75, 3.05) is 20.3 Å². The summed E-state index contributed by atoms with van der Waals surface area (Å²) in [5.74, 6) is -0.876. The molecule has 0 saturated carbocycles. The molecule has 0 aliphatic carbocycles. The third kappa shape index (κ3) is 4.58. The zero-order valence-electron chi connectivity index (χ0n) is 20.0. The van der Waals surface area contributed by atoms with Crippen molar-refractivity contribution in [2.24, 2.45) is 0 Å². The highest BCUT2D eigenvalue weighted by atomic mass is 19.4. The second-order valence-corrected chi connectivity index (χ2v) is 8.48. The number of alkyl halides is 3. The van der Waals surface area contributed by atoms with E-state index in [1.54, 1.807) is 48.5 Å². The van der Waals surface area contributed by atoms with Gasteiger partial charge in [-0.15, -0.1) is 0 Å². The van der Waals surface area contributed by atoms with Gasteiger partial charge in [-0.05, 0) is 48.5 Å². The molecule has 194 valence electrons. The molecule has 0 radical (unpaired) electrons. The molecule has 2 heterocycles. The number of imide groups is 1. The van der Waals surface area contributed by atoms with Crippen molar-refractivity contribution in [1.29, 1.82) is 0 Å². The third-order valence-electron chi connectivity index (χ3n) is 6.09. The first-order valence-electron chi connectivity index (χ1n) is 11.5. The van der Waals surface area contributed by atoms with Crippen LogP contribution < -0.4 is 15.0 Å². The second-order valence-electron chi connectivity index (χ2n) is 8.48. The van der Waals surface area contributed by atoms with E-state index in [0.717, 1.165) is 4.90 Å². The molecule has 1 aromatic heterocycles. The van der Waals surface area contributed by atoms with Crippen LogP contribution in [-0.4, -0.2) is 52.7 Å². The number of amides is 2. The number of para-hydroxylation sites is 1. The largest absolute Gasteiger partial charge is 0.497 e. The average Bonchev–Trinajstić information content (AvgIpc) is 3.15. The number of methoxy groups -OCH3 is 1. The first kappa shape index (κ1) is 25.0. The van der Waals surface area contributed by atoms with E-state index in [4.69, 9.17) is 9.47 Å². The first-order chi connectivity index (χ1) is 18.2. The predicted molar refractivity (Wildman–Crippen MR) is 131 cm³/mol. The highest BCUT2D eigenvalue weighted by molar-refractivity contribution is 6.22. The molecule has 3 aromatic carbocycles. The van der Waals surface area contributed by atoms with E-state index in [1.807, 2.05) is 0 Å². The normalized spacial score (nSPS) is 13.2. The monoisotopic (exact) mass is 523 g/mol. The molecule has 38 heavy (non-hydrogen) atoms. The Morgan fingerprint density at radius 2 is 1.63 bits per heavy atom. The van der Waals surface area contributed by atoms with Crippen LogP contribution in [0.2, 0.25) is 0 Å². The molecular weight excluding hydrogens is 503 g/mol. The Bertz CT molecular complexity index is 1610. The summed E-state index contributed by atoms with van der Waals surface area (Å²) in [6, 6.07) is 17.5. The molecule has 0 N–H and O–H groups in total. The fourth-order valence-electron chi connectivity index (χ4n) is 4.34. The summed E-state index contributed by atoms with van der Waals surface area (Å²) in [5.41, 5.74) is 0.354. The lowest BCUT2D eigenvalue weighted by atomic mass is 10.1. The number of ether oxygens (including phenoxy) is 2. The van der Waals surface area contributed by atoms with Crippen molar-refractivity contribution >= 4 is 22.7 Å². The van der Waals surface area contributed by atoms with Crippen LogP contribution in [0.25, 0.3) is 16.6 Å². The number of aromatic nitrogens is 2.